The van der Waals surface area contributed by atoms with Gasteiger partial charge in [-0.25, -0.2) is 0 Å². The molecule has 1 atom stereocenters. The van der Waals surface area contributed by atoms with Crippen molar-refractivity contribution >= 4 is 34.9 Å². The van der Waals surface area contributed by atoms with Gasteiger partial charge in [-0.15, -0.1) is 0 Å². The fraction of sp³-hybridized carbons (Fsp3) is 0.286. The largest absolute Gasteiger partial charge is 0.339 e. The number of amides is 1. The molecule has 2 aromatic heterocycles. The second-order valence-electron chi connectivity index (χ2n) is 6.88. The second kappa shape index (κ2) is 8.71. The fourth-order valence-electron chi connectivity index (χ4n) is 3.40. The van der Waals surface area contributed by atoms with E-state index in [1.165, 1.54) is 0 Å². The molecule has 0 N–H and O–H groups in total. The Kier molecular flexibility index (Phi) is 5.88. The average molecular weight is 414 g/mol. The number of benzene rings is 1. The van der Waals surface area contributed by atoms with E-state index in [4.69, 9.17) is 16.1 Å². The van der Waals surface area contributed by atoms with Crippen LogP contribution in [0.5, 0.6) is 0 Å². The highest BCUT2D eigenvalue weighted by atomic mass is 35.5. The Hall–Kier alpha value is -2.44. The predicted octanol–water partition coefficient (Wildman–Crippen LogP) is 4.95. The van der Waals surface area contributed by atoms with Gasteiger partial charge in [-0.05, 0) is 47.9 Å². The van der Waals surface area contributed by atoms with Crippen molar-refractivity contribution in [3.05, 3.63) is 63.6 Å². The van der Waals surface area contributed by atoms with Crippen LogP contribution in [0, 0.1) is 5.92 Å². The van der Waals surface area contributed by atoms with Gasteiger partial charge in [0, 0.05) is 41.6 Å². The van der Waals surface area contributed by atoms with Gasteiger partial charge < -0.3 is 9.42 Å². The third-order valence-corrected chi connectivity index (χ3v) is 5.88. The number of rotatable bonds is 5. The Morgan fingerprint density at radius 3 is 3.07 bits per heavy atom. The molecule has 0 aliphatic carbocycles. The van der Waals surface area contributed by atoms with Gasteiger partial charge >= 0.3 is 0 Å². The maximum Gasteiger partial charge on any atom is 0.246 e. The van der Waals surface area contributed by atoms with E-state index < -0.39 is 0 Å². The minimum atomic E-state index is 0.00844. The molecular weight excluding hydrogens is 394 g/mol. The highest BCUT2D eigenvalue weighted by molar-refractivity contribution is 7.08. The van der Waals surface area contributed by atoms with Crippen LogP contribution < -0.4 is 0 Å². The Morgan fingerprint density at radius 2 is 2.25 bits per heavy atom. The number of halogens is 1. The molecule has 0 saturated carbocycles. The number of nitrogens with zero attached hydrogens (tertiary/aromatic N) is 3. The highest BCUT2D eigenvalue weighted by Crippen LogP contribution is 2.24. The number of hydrogen-bond donors (Lipinski definition) is 0. The van der Waals surface area contributed by atoms with E-state index in [-0.39, 0.29) is 5.91 Å². The summed E-state index contributed by atoms with van der Waals surface area (Å²) >= 11 is 7.75. The first kappa shape index (κ1) is 18.9. The Balaban J connectivity index is 1.36. The van der Waals surface area contributed by atoms with E-state index in [1.54, 1.807) is 23.5 Å². The minimum absolute atomic E-state index is 0.00844. The summed E-state index contributed by atoms with van der Waals surface area (Å²) in [4.78, 5) is 19.0. The number of piperidine rings is 1. The highest BCUT2D eigenvalue weighted by Gasteiger charge is 2.24. The van der Waals surface area contributed by atoms with Crippen LogP contribution in [0.15, 0.2) is 51.7 Å². The van der Waals surface area contributed by atoms with Gasteiger partial charge in [-0.3, -0.25) is 4.79 Å². The quantitative estimate of drug-likeness (QED) is 0.555. The van der Waals surface area contributed by atoms with E-state index in [1.807, 2.05) is 46.0 Å². The van der Waals surface area contributed by atoms with Crippen LogP contribution >= 0.6 is 22.9 Å². The molecule has 1 saturated heterocycles. The minimum Gasteiger partial charge on any atom is -0.339 e. The first-order valence-electron chi connectivity index (χ1n) is 9.26. The summed E-state index contributed by atoms with van der Waals surface area (Å²) in [5.74, 6) is 1.59. The molecule has 1 aliphatic rings. The Bertz CT molecular complexity index is 968. The lowest BCUT2D eigenvalue weighted by Crippen LogP contribution is -2.39. The number of thiophene rings is 1. The maximum absolute atomic E-state index is 12.6. The zero-order chi connectivity index (χ0) is 19.3. The van der Waals surface area contributed by atoms with Gasteiger partial charge in [-0.2, -0.15) is 16.3 Å². The molecule has 0 spiro atoms. The smallest absolute Gasteiger partial charge is 0.246 e. The number of carbonyl (C=O) groups is 1. The van der Waals surface area contributed by atoms with Gasteiger partial charge in [-0.1, -0.05) is 35.0 Å². The number of likely N-dealkylation sites (tertiary alicyclic amines) is 1. The van der Waals surface area contributed by atoms with E-state index in [9.17, 15) is 4.79 Å². The molecule has 3 aromatic rings. The molecule has 4 rings (SSSR count). The second-order valence-corrected chi connectivity index (χ2v) is 8.06. The third kappa shape index (κ3) is 4.51. The topological polar surface area (TPSA) is 59.2 Å². The predicted molar refractivity (Wildman–Crippen MR) is 111 cm³/mol. The maximum atomic E-state index is 12.6. The van der Waals surface area contributed by atoms with E-state index in [0.717, 1.165) is 30.5 Å². The average Bonchev–Trinajstić information content (AvgIpc) is 3.39. The van der Waals surface area contributed by atoms with Crippen molar-refractivity contribution in [1.82, 2.24) is 15.0 Å². The SMILES string of the molecule is O=C(C=Cc1ccccc1Cl)N1CCCC(Cc2nc(-c3ccsc3)no2)C1. The summed E-state index contributed by atoms with van der Waals surface area (Å²) < 4.78 is 5.42. The van der Waals surface area contributed by atoms with E-state index in [2.05, 4.69) is 10.1 Å². The van der Waals surface area contributed by atoms with Gasteiger partial charge in [0.05, 0.1) is 0 Å². The monoisotopic (exact) mass is 413 g/mol. The standard InChI is InChI=1S/C21H20ClN3O2S/c22-18-6-2-1-5-16(18)7-8-20(26)25-10-3-4-15(13-25)12-19-23-21(24-27-19)17-9-11-28-14-17/h1-2,5-9,11,14-15H,3-4,10,12-13H2. The summed E-state index contributed by atoms with van der Waals surface area (Å²) in [6.45, 7) is 1.47. The zero-order valence-corrected chi connectivity index (χ0v) is 16.8. The molecule has 7 heteroatoms. The van der Waals surface area contributed by atoms with Crippen molar-refractivity contribution in [2.75, 3.05) is 13.1 Å². The first-order valence-corrected chi connectivity index (χ1v) is 10.6. The van der Waals surface area contributed by atoms with Crippen LogP contribution in [0.2, 0.25) is 5.02 Å². The molecule has 1 aliphatic heterocycles. The summed E-state index contributed by atoms with van der Waals surface area (Å²) in [5.41, 5.74) is 1.82. The van der Waals surface area contributed by atoms with Crippen LogP contribution in [-0.2, 0) is 11.2 Å². The summed E-state index contributed by atoms with van der Waals surface area (Å²) in [7, 11) is 0. The molecule has 1 aromatic carbocycles. The zero-order valence-electron chi connectivity index (χ0n) is 15.3. The molecule has 144 valence electrons. The number of carbonyl (C=O) groups excluding carboxylic acids is 1. The van der Waals surface area contributed by atoms with Crippen LogP contribution in [0.3, 0.4) is 0 Å². The molecule has 0 radical (unpaired) electrons. The van der Waals surface area contributed by atoms with Crippen LogP contribution in [0.4, 0.5) is 0 Å². The van der Waals surface area contributed by atoms with Crippen LogP contribution in [0.25, 0.3) is 17.5 Å². The molecule has 1 unspecified atom stereocenters. The molecular formula is C21H20ClN3O2S. The van der Waals surface area contributed by atoms with Crippen molar-refractivity contribution in [2.24, 2.45) is 5.92 Å². The number of hydrogen-bond acceptors (Lipinski definition) is 5. The first-order chi connectivity index (χ1) is 13.7. The third-order valence-electron chi connectivity index (χ3n) is 4.85. The molecule has 5 nitrogen and oxygen atoms in total. The molecule has 28 heavy (non-hydrogen) atoms. The summed E-state index contributed by atoms with van der Waals surface area (Å²) in [6, 6.07) is 9.47. The lowest BCUT2D eigenvalue weighted by Gasteiger charge is -2.31. The molecule has 1 fully saturated rings. The molecule has 0 bridgehead atoms. The molecule has 3 heterocycles. The van der Waals surface area contributed by atoms with Crippen LogP contribution in [0.1, 0.15) is 24.3 Å². The van der Waals surface area contributed by atoms with E-state index >= 15 is 0 Å². The van der Waals surface area contributed by atoms with Gasteiger partial charge in [0.25, 0.3) is 0 Å². The summed E-state index contributed by atoms with van der Waals surface area (Å²) in [5, 5.41) is 8.70. The van der Waals surface area contributed by atoms with Crippen molar-refractivity contribution in [3.8, 4) is 11.4 Å². The van der Waals surface area contributed by atoms with E-state index in [0.29, 0.717) is 35.6 Å². The van der Waals surface area contributed by atoms with Crippen LogP contribution in [-0.4, -0.2) is 34.0 Å². The van der Waals surface area contributed by atoms with Gasteiger partial charge in [0.1, 0.15) is 0 Å². The summed E-state index contributed by atoms with van der Waals surface area (Å²) in [6.07, 6.45) is 6.09. The van der Waals surface area contributed by atoms with Crippen molar-refractivity contribution in [2.45, 2.75) is 19.3 Å². The van der Waals surface area contributed by atoms with Crippen molar-refractivity contribution in [1.29, 1.82) is 0 Å². The normalized spacial score (nSPS) is 17.3. The Morgan fingerprint density at radius 1 is 1.36 bits per heavy atom. The van der Waals surface area contributed by atoms with Gasteiger partial charge in [0.2, 0.25) is 17.6 Å². The fourth-order valence-corrected chi connectivity index (χ4v) is 4.24. The van der Waals surface area contributed by atoms with Crippen molar-refractivity contribution in [3.63, 3.8) is 0 Å². The number of aromatic nitrogens is 2. The molecule has 1 amide bonds. The van der Waals surface area contributed by atoms with Crippen molar-refractivity contribution < 1.29 is 9.32 Å². The Labute approximate surface area is 172 Å². The lowest BCUT2D eigenvalue weighted by molar-refractivity contribution is -0.127. The van der Waals surface area contributed by atoms with Gasteiger partial charge in [0.15, 0.2) is 0 Å². The lowest BCUT2D eigenvalue weighted by atomic mass is 9.94.